The molecule has 0 saturated carbocycles. The third kappa shape index (κ3) is 2.52. The van der Waals surface area contributed by atoms with Crippen LogP contribution in [0.15, 0.2) is 16.7 Å². The molecule has 0 radical (unpaired) electrons. The van der Waals surface area contributed by atoms with Crippen LogP contribution in [-0.4, -0.2) is 13.1 Å². The molecular formula is C14H15Cl3FNO. The van der Waals surface area contributed by atoms with Crippen molar-refractivity contribution in [2.45, 2.75) is 19.3 Å². The van der Waals surface area contributed by atoms with Crippen LogP contribution in [-0.2, 0) is 0 Å². The first-order chi connectivity index (χ1) is 9.09. The molecule has 0 spiro atoms. The van der Waals surface area contributed by atoms with Gasteiger partial charge in [0.05, 0.1) is 10.0 Å². The van der Waals surface area contributed by atoms with Crippen molar-refractivity contribution in [3.8, 4) is 0 Å². The van der Waals surface area contributed by atoms with E-state index in [1.807, 2.05) is 0 Å². The first kappa shape index (κ1) is 15.9. The lowest BCUT2D eigenvalue weighted by Crippen LogP contribution is -2.34. The lowest BCUT2D eigenvalue weighted by molar-refractivity contribution is 0.341. The van der Waals surface area contributed by atoms with E-state index in [0.29, 0.717) is 27.5 Å². The SMILES string of the molecule is CC1CNCCC1c1c(F)c(Cl)cc2c(Cl)coc12.Cl. The third-order valence-electron chi connectivity index (χ3n) is 3.90. The highest BCUT2D eigenvalue weighted by Crippen LogP contribution is 2.41. The Balaban J connectivity index is 0.00000147. The highest BCUT2D eigenvalue weighted by atomic mass is 35.5. The van der Waals surface area contributed by atoms with E-state index in [1.54, 1.807) is 0 Å². The number of benzene rings is 1. The van der Waals surface area contributed by atoms with Gasteiger partial charge in [0, 0.05) is 10.9 Å². The van der Waals surface area contributed by atoms with Gasteiger partial charge in [0.2, 0.25) is 0 Å². The van der Waals surface area contributed by atoms with Crippen molar-refractivity contribution in [2.24, 2.45) is 5.92 Å². The molecule has 1 aromatic heterocycles. The Hall–Kier alpha value is -0.480. The highest BCUT2D eigenvalue weighted by Gasteiger charge is 2.30. The molecule has 2 atom stereocenters. The Morgan fingerprint density at radius 1 is 1.35 bits per heavy atom. The van der Waals surface area contributed by atoms with Gasteiger partial charge in [-0.05, 0) is 37.4 Å². The molecule has 0 aliphatic carbocycles. The van der Waals surface area contributed by atoms with Gasteiger partial charge < -0.3 is 9.73 Å². The number of rotatable bonds is 1. The van der Waals surface area contributed by atoms with Gasteiger partial charge >= 0.3 is 0 Å². The number of hydrogen-bond acceptors (Lipinski definition) is 2. The summed E-state index contributed by atoms with van der Waals surface area (Å²) in [4.78, 5) is 0. The molecule has 2 aromatic rings. The summed E-state index contributed by atoms with van der Waals surface area (Å²) in [6, 6.07) is 1.54. The van der Waals surface area contributed by atoms with E-state index in [-0.39, 0.29) is 29.2 Å². The zero-order valence-electron chi connectivity index (χ0n) is 10.9. The van der Waals surface area contributed by atoms with Crippen molar-refractivity contribution < 1.29 is 8.81 Å². The van der Waals surface area contributed by atoms with E-state index < -0.39 is 0 Å². The molecule has 0 bridgehead atoms. The van der Waals surface area contributed by atoms with Crippen molar-refractivity contribution >= 4 is 46.6 Å². The Labute approximate surface area is 133 Å². The molecule has 1 N–H and O–H groups in total. The van der Waals surface area contributed by atoms with Gasteiger partial charge in [-0.1, -0.05) is 30.1 Å². The van der Waals surface area contributed by atoms with Crippen molar-refractivity contribution in [3.05, 3.63) is 33.8 Å². The predicted octanol–water partition coefficient (Wildman–Crippen LogP) is 5.01. The van der Waals surface area contributed by atoms with Crippen molar-refractivity contribution in [3.63, 3.8) is 0 Å². The number of halogens is 4. The van der Waals surface area contributed by atoms with Gasteiger partial charge in [0.25, 0.3) is 0 Å². The molecule has 2 nitrogen and oxygen atoms in total. The monoisotopic (exact) mass is 337 g/mol. The number of furan rings is 1. The third-order valence-corrected chi connectivity index (χ3v) is 4.47. The second kappa shape index (κ2) is 6.10. The maximum absolute atomic E-state index is 14.4. The van der Waals surface area contributed by atoms with Gasteiger partial charge in [0.1, 0.15) is 17.7 Å². The van der Waals surface area contributed by atoms with Gasteiger partial charge in [-0.2, -0.15) is 0 Å². The average Bonchev–Trinajstić information content (AvgIpc) is 2.74. The first-order valence-electron chi connectivity index (χ1n) is 6.35. The largest absolute Gasteiger partial charge is 0.462 e. The zero-order chi connectivity index (χ0) is 13.6. The molecule has 20 heavy (non-hydrogen) atoms. The fourth-order valence-electron chi connectivity index (χ4n) is 2.88. The molecule has 1 fully saturated rings. The Morgan fingerprint density at radius 2 is 2.10 bits per heavy atom. The van der Waals surface area contributed by atoms with Crippen LogP contribution in [0.25, 0.3) is 11.0 Å². The van der Waals surface area contributed by atoms with E-state index in [2.05, 4.69) is 12.2 Å². The summed E-state index contributed by atoms with van der Waals surface area (Å²) in [7, 11) is 0. The molecule has 1 aliphatic rings. The lowest BCUT2D eigenvalue weighted by Gasteiger charge is -2.30. The standard InChI is InChI=1S/C14H14Cl2FNO.ClH/c1-7-5-18-3-2-8(7)12-13(17)10(15)4-9-11(16)6-19-14(9)12;/h4,6-8,18H,2-3,5H2,1H3;1H. The smallest absolute Gasteiger partial charge is 0.149 e. The number of piperidine rings is 1. The molecule has 1 aromatic carbocycles. The summed E-state index contributed by atoms with van der Waals surface area (Å²) < 4.78 is 19.9. The predicted molar refractivity (Wildman–Crippen MR) is 82.8 cm³/mol. The van der Waals surface area contributed by atoms with Gasteiger partial charge in [-0.25, -0.2) is 4.39 Å². The molecule has 1 aliphatic heterocycles. The molecule has 2 unspecified atom stereocenters. The Kier molecular flexibility index (Phi) is 4.85. The van der Waals surface area contributed by atoms with Crippen molar-refractivity contribution in [1.29, 1.82) is 0 Å². The average molecular weight is 339 g/mol. The second-order valence-corrected chi connectivity index (χ2v) is 5.94. The molecule has 2 heterocycles. The van der Waals surface area contributed by atoms with Crippen LogP contribution < -0.4 is 5.32 Å². The summed E-state index contributed by atoms with van der Waals surface area (Å²) in [5.41, 5.74) is 1.11. The molecule has 1 saturated heterocycles. The van der Waals surface area contributed by atoms with Crippen molar-refractivity contribution in [1.82, 2.24) is 5.32 Å². The van der Waals surface area contributed by atoms with Gasteiger partial charge in [0.15, 0.2) is 0 Å². The summed E-state index contributed by atoms with van der Waals surface area (Å²) in [6.07, 6.45) is 2.31. The van der Waals surface area contributed by atoms with Gasteiger partial charge in [-0.3, -0.25) is 0 Å². The van der Waals surface area contributed by atoms with Gasteiger partial charge in [-0.15, -0.1) is 12.4 Å². The van der Waals surface area contributed by atoms with E-state index in [1.165, 1.54) is 12.3 Å². The summed E-state index contributed by atoms with van der Waals surface area (Å²) >= 11 is 12.1. The van der Waals surface area contributed by atoms with Crippen LogP contribution in [0.2, 0.25) is 10.0 Å². The summed E-state index contributed by atoms with van der Waals surface area (Å²) in [6.45, 7) is 3.84. The van der Waals surface area contributed by atoms with Crippen LogP contribution in [0.4, 0.5) is 4.39 Å². The first-order valence-corrected chi connectivity index (χ1v) is 7.10. The van der Waals surface area contributed by atoms with Crippen LogP contribution in [0.5, 0.6) is 0 Å². The number of nitrogens with one attached hydrogen (secondary N) is 1. The summed E-state index contributed by atoms with van der Waals surface area (Å²) in [5, 5.41) is 4.58. The second-order valence-electron chi connectivity index (χ2n) is 5.12. The molecular weight excluding hydrogens is 324 g/mol. The van der Waals surface area contributed by atoms with Crippen LogP contribution in [0.3, 0.4) is 0 Å². The van der Waals surface area contributed by atoms with E-state index in [9.17, 15) is 4.39 Å². The minimum atomic E-state index is -0.376. The Morgan fingerprint density at radius 3 is 2.80 bits per heavy atom. The van der Waals surface area contributed by atoms with E-state index in [4.69, 9.17) is 27.6 Å². The summed E-state index contributed by atoms with van der Waals surface area (Å²) in [5.74, 6) is 0.0531. The van der Waals surface area contributed by atoms with E-state index in [0.717, 1.165) is 19.5 Å². The lowest BCUT2D eigenvalue weighted by atomic mass is 9.81. The quantitative estimate of drug-likeness (QED) is 0.790. The van der Waals surface area contributed by atoms with Crippen LogP contribution in [0, 0.1) is 11.7 Å². The van der Waals surface area contributed by atoms with Crippen LogP contribution in [0.1, 0.15) is 24.8 Å². The maximum atomic E-state index is 14.4. The molecule has 6 heteroatoms. The number of hydrogen-bond donors (Lipinski definition) is 1. The van der Waals surface area contributed by atoms with Crippen molar-refractivity contribution in [2.75, 3.05) is 13.1 Å². The minimum absolute atomic E-state index is 0. The maximum Gasteiger partial charge on any atom is 0.149 e. The fourth-order valence-corrected chi connectivity index (χ4v) is 3.28. The highest BCUT2D eigenvalue weighted by molar-refractivity contribution is 6.37. The van der Waals surface area contributed by atoms with Crippen LogP contribution >= 0.6 is 35.6 Å². The fraction of sp³-hybridized carbons (Fsp3) is 0.429. The molecule has 110 valence electrons. The van der Waals surface area contributed by atoms with E-state index >= 15 is 0 Å². The number of fused-ring (bicyclic) bond motifs is 1. The minimum Gasteiger partial charge on any atom is -0.462 e. The normalized spacial score (nSPS) is 22.8. The molecule has 3 rings (SSSR count). The Bertz CT molecular complexity index is 628. The topological polar surface area (TPSA) is 25.2 Å². The zero-order valence-corrected chi connectivity index (χ0v) is 13.2. The molecule has 0 amide bonds.